The monoisotopic (exact) mass is 295 g/mol. The molecule has 0 saturated heterocycles. The highest BCUT2D eigenvalue weighted by Gasteiger charge is 2.34. The zero-order chi connectivity index (χ0) is 15.9. The smallest absolute Gasteiger partial charge is 0.198 e. The Morgan fingerprint density at radius 2 is 1.64 bits per heavy atom. The number of nitrogens with two attached hydrogens (primary N) is 1. The molecule has 0 heterocycles. The summed E-state index contributed by atoms with van der Waals surface area (Å²) in [5.74, 6) is 0.0205. The van der Waals surface area contributed by atoms with E-state index in [0.29, 0.717) is 34.7 Å². The lowest BCUT2D eigenvalue weighted by Gasteiger charge is -2.22. The van der Waals surface area contributed by atoms with Crippen molar-refractivity contribution in [3.63, 3.8) is 0 Å². The lowest BCUT2D eigenvalue weighted by molar-refractivity contribution is 0.0976. The third-order valence-electron chi connectivity index (χ3n) is 3.87. The lowest BCUT2D eigenvalue weighted by atomic mass is 9.82. The van der Waals surface area contributed by atoms with Crippen molar-refractivity contribution in [1.82, 2.24) is 0 Å². The van der Waals surface area contributed by atoms with Crippen LogP contribution in [0.1, 0.15) is 50.8 Å². The van der Waals surface area contributed by atoms with Crippen molar-refractivity contribution in [2.24, 2.45) is 0 Å². The molecule has 2 N–H and O–H groups in total. The molecule has 112 valence electrons. The van der Waals surface area contributed by atoms with Crippen molar-refractivity contribution in [3.8, 4) is 5.75 Å². The molecule has 1 aliphatic carbocycles. The van der Waals surface area contributed by atoms with Crippen molar-refractivity contribution in [2.75, 3.05) is 12.3 Å². The Hall–Kier alpha value is -2.62. The van der Waals surface area contributed by atoms with Crippen LogP contribution >= 0.6 is 0 Å². The van der Waals surface area contributed by atoms with E-state index in [1.807, 2.05) is 13.8 Å². The summed E-state index contributed by atoms with van der Waals surface area (Å²) < 4.78 is 5.69. The van der Waals surface area contributed by atoms with E-state index in [9.17, 15) is 9.59 Å². The zero-order valence-corrected chi connectivity index (χ0v) is 12.6. The first-order valence-electron chi connectivity index (χ1n) is 7.30. The highest BCUT2D eigenvalue weighted by Crippen LogP contribution is 2.38. The molecule has 0 saturated carbocycles. The van der Waals surface area contributed by atoms with E-state index in [0.717, 1.165) is 12.0 Å². The van der Waals surface area contributed by atoms with Gasteiger partial charge in [0.15, 0.2) is 11.6 Å². The van der Waals surface area contributed by atoms with E-state index in [-0.39, 0.29) is 17.1 Å². The number of carbonyl (C=O) groups excluding carboxylic acids is 2. The largest absolute Gasteiger partial charge is 0.493 e. The van der Waals surface area contributed by atoms with Gasteiger partial charge in [-0.05, 0) is 25.0 Å². The fourth-order valence-corrected chi connectivity index (χ4v) is 2.74. The summed E-state index contributed by atoms with van der Waals surface area (Å²) in [5.41, 5.74) is 8.55. The average molecular weight is 295 g/mol. The Kier molecular flexibility index (Phi) is 3.45. The maximum Gasteiger partial charge on any atom is 0.198 e. The molecule has 22 heavy (non-hydrogen) atoms. The third kappa shape index (κ3) is 1.99. The Balaban J connectivity index is 2.29. The molecule has 3 rings (SSSR count). The topological polar surface area (TPSA) is 69.4 Å². The van der Waals surface area contributed by atoms with Gasteiger partial charge < -0.3 is 10.5 Å². The van der Waals surface area contributed by atoms with Crippen molar-refractivity contribution in [1.29, 1.82) is 0 Å². The maximum atomic E-state index is 12.8. The molecular weight excluding hydrogens is 278 g/mol. The molecule has 0 atom stereocenters. The molecule has 2 aromatic rings. The van der Waals surface area contributed by atoms with E-state index in [2.05, 4.69) is 0 Å². The fraction of sp³-hybridized carbons (Fsp3) is 0.222. The van der Waals surface area contributed by atoms with Gasteiger partial charge in [-0.2, -0.15) is 0 Å². The van der Waals surface area contributed by atoms with Gasteiger partial charge >= 0.3 is 0 Å². The fourth-order valence-electron chi connectivity index (χ4n) is 2.74. The second-order valence-corrected chi connectivity index (χ2v) is 5.41. The number of benzene rings is 2. The lowest BCUT2D eigenvalue weighted by Crippen LogP contribution is -2.24. The van der Waals surface area contributed by atoms with E-state index in [1.54, 1.807) is 30.3 Å². The molecule has 0 radical (unpaired) electrons. The number of carbonyl (C=O) groups is 2. The van der Waals surface area contributed by atoms with Crippen LogP contribution in [-0.2, 0) is 0 Å². The van der Waals surface area contributed by atoms with Gasteiger partial charge in [0, 0.05) is 16.8 Å². The Morgan fingerprint density at radius 1 is 1.05 bits per heavy atom. The molecule has 4 nitrogen and oxygen atoms in total. The quantitative estimate of drug-likeness (QED) is 0.754. The van der Waals surface area contributed by atoms with Gasteiger partial charge in [-0.3, -0.25) is 9.59 Å². The molecule has 0 spiro atoms. The van der Waals surface area contributed by atoms with E-state index in [1.165, 1.54) is 0 Å². The van der Waals surface area contributed by atoms with Crippen molar-refractivity contribution >= 4 is 17.3 Å². The van der Waals surface area contributed by atoms with Crippen LogP contribution in [0.4, 0.5) is 5.69 Å². The van der Waals surface area contributed by atoms with Gasteiger partial charge in [0.2, 0.25) is 0 Å². The molecule has 2 aromatic carbocycles. The second kappa shape index (κ2) is 5.30. The Labute approximate surface area is 128 Å². The van der Waals surface area contributed by atoms with E-state index < -0.39 is 0 Å². The normalized spacial score (nSPS) is 12.8. The molecule has 0 fully saturated rings. The number of nitrogen functional groups attached to an aromatic ring is 1. The number of aryl methyl sites for hydroxylation is 1. The van der Waals surface area contributed by atoms with Crippen LogP contribution in [0.3, 0.4) is 0 Å². The number of ketones is 2. The number of rotatable bonds is 3. The van der Waals surface area contributed by atoms with Gasteiger partial charge in [0.25, 0.3) is 0 Å². The maximum absolute atomic E-state index is 12.8. The van der Waals surface area contributed by atoms with Gasteiger partial charge in [-0.25, -0.2) is 0 Å². The van der Waals surface area contributed by atoms with Crippen LogP contribution in [0.15, 0.2) is 30.3 Å². The zero-order valence-electron chi connectivity index (χ0n) is 12.6. The summed E-state index contributed by atoms with van der Waals surface area (Å²) in [6, 6.07) is 8.56. The summed E-state index contributed by atoms with van der Waals surface area (Å²) in [6.45, 7) is 4.28. The van der Waals surface area contributed by atoms with Crippen molar-refractivity contribution < 1.29 is 14.3 Å². The first kappa shape index (κ1) is 14.3. The van der Waals surface area contributed by atoms with Crippen LogP contribution < -0.4 is 10.5 Å². The van der Waals surface area contributed by atoms with Crippen molar-refractivity contribution in [2.45, 2.75) is 20.3 Å². The summed E-state index contributed by atoms with van der Waals surface area (Å²) in [5, 5.41) is 0. The molecule has 0 bridgehead atoms. The predicted octanol–water partition coefficient (Wildman–Crippen LogP) is 3.14. The summed E-state index contributed by atoms with van der Waals surface area (Å²) in [6.07, 6.45) is 0.816. The number of ether oxygens (including phenoxy) is 1. The van der Waals surface area contributed by atoms with Crippen LogP contribution in [0, 0.1) is 6.92 Å². The number of hydrogen-bond donors (Lipinski definition) is 1. The summed E-state index contributed by atoms with van der Waals surface area (Å²) in [4.78, 5) is 25.6. The number of fused-ring (bicyclic) bond motifs is 2. The Morgan fingerprint density at radius 3 is 2.23 bits per heavy atom. The molecule has 0 unspecified atom stereocenters. The minimum Gasteiger partial charge on any atom is -0.493 e. The Bertz CT molecular complexity index is 793. The van der Waals surface area contributed by atoms with Crippen LogP contribution in [0.5, 0.6) is 5.75 Å². The second-order valence-electron chi connectivity index (χ2n) is 5.41. The average Bonchev–Trinajstić information content (AvgIpc) is 2.53. The van der Waals surface area contributed by atoms with E-state index in [4.69, 9.17) is 10.5 Å². The highest BCUT2D eigenvalue weighted by molar-refractivity contribution is 6.31. The van der Waals surface area contributed by atoms with Crippen LogP contribution in [0.2, 0.25) is 0 Å². The summed E-state index contributed by atoms with van der Waals surface area (Å²) in [7, 11) is 0. The molecule has 0 aromatic heterocycles. The predicted molar refractivity (Wildman–Crippen MR) is 84.7 cm³/mol. The molecule has 1 aliphatic rings. The summed E-state index contributed by atoms with van der Waals surface area (Å²) >= 11 is 0. The van der Waals surface area contributed by atoms with Gasteiger partial charge in [0.05, 0.1) is 17.7 Å². The third-order valence-corrected chi connectivity index (χ3v) is 3.87. The first-order valence-corrected chi connectivity index (χ1v) is 7.30. The van der Waals surface area contributed by atoms with E-state index >= 15 is 0 Å². The first-order chi connectivity index (χ1) is 10.6. The van der Waals surface area contributed by atoms with Crippen LogP contribution in [0.25, 0.3) is 0 Å². The van der Waals surface area contributed by atoms with Crippen molar-refractivity contribution in [3.05, 3.63) is 58.1 Å². The van der Waals surface area contributed by atoms with Gasteiger partial charge in [-0.15, -0.1) is 0 Å². The highest BCUT2D eigenvalue weighted by atomic mass is 16.5. The minimum atomic E-state index is -0.215. The molecule has 0 aliphatic heterocycles. The van der Waals surface area contributed by atoms with Gasteiger partial charge in [0.1, 0.15) is 5.75 Å². The minimum absolute atomic E-state index is 0.206. The number of hydrogen-bond acceptors (Lipinski definition) is 4. The standard InChI is InChI=1S/C18H17NO3/c1-3-8-22-13-9-10(2)16(19)15-14(13)17(20)11-6-4-5-7-12(11)18(15)21/h4-7,9H,3,8,19H2,1-2H3. The molecule has 4 heteroatoms. The number of anilines is 1. The molecule has 0 amide bonds. The van der Waals surface area contributed by atoms with Gasteiger partial charge in [-0.1, -0.05) is 31.2 Å². The molecular formula is C18H17NO3. The SMILES string of the molecule is CCCOc1cc(C)c(N)c2c1C(=O)c1ccccc1C2=O. The van der Waals surface area contributed by atoms with Crippen LogP contribution in [-0.4, -0.2) is 18.2 Å².